The number of aromatic nitrogens is 3. The second-order valence-electron chi connectivity index (χ2n) is 15.5. The zero-order valence-corrected chi connectivity index (χ0v) is 27.9. The summed E-state index contributed by atoms with van der Waals surface area (Å²) in [5, 5.41) is 27.9. The molecule has 2 unspecified atom stereocenters. The third-order valence-electron chi connectivity index (χ3n) is 8.66. The number of piperidine rings is 2. The van der Waals surface area contributed by atoms with Gasteiger partial charge in [0.05, 0.1) is 0 Å². The summed E-state index contributed by atoms with van der Waals surface area (Å²) in [7, 11) is 0. The van der Waals surface area contributed by atoms with E-state index in [2.05, 4.69) is 95.8 Å². The number of aliphatic hydroxyl groups excluding tert-OH is 1. The Morgan fingerprint density at radius 3 is 1.39 bits per heavy atom. The standard InChI is InChI=1S/C32H62N8O/c1-11-14-24(22-18-29(3,4)39-30(5,6)19-22)34-27-36-26(33-16-13-17-41)37-28(38-27)35-25(15-12-2)23-20-31(7,8)40-32(9,10)21-23/h22-25,39-41H,11-21H2,1-10H3,(H3,33,34,35,36,37,38). The molecule has 0 radical (unpaired) electrons. The molecule has 9 nitrogen and oxygen atoms in total. The van der Waals surface area contributed by atoms with Gasteiger partial charge in [-0.1, -0.05) is 26.7 Å². The Balaban J connectivity index is 1.89. The molecule has 6 N–H and O–H groups in total. The van der Waals surface area contributed by atoms with Gasteiger partial charge in [0.25, 0.3) is 0 Å². The first kappa shape index (κ1) is 33.8. The topological polar surface area (TPSA) is 119 Å². The molecular formula is C32H62N8O. The van der Waals surface area contributed by atoms with Crippen LogP contribution in [-0.2, 0) is 0 Å². The largest absolute Gasteiger partial charge is 0.396 e. The Labute approximate surface area is 250 Å². The van der Waals surface area contributed by atoms with Gasteiger partial charge in [0, 0.05) is 47.4 Å². The third-order valence-corrected chi connectivity index (χ3v) is 8.66. The van der Waals surface area contributed by atoms with E-state index in [0.717, 1.165) is 51.4 Å². The van der Waals surface area contributed by atoms with Gasteiger partial charge < -0.3 is 31.7 Å². The van der Waals surface area contributed by atoms with Crippen molar-refractivity contribution in [3.63, 3.8) is 0 Å². The highest BCUT2D eigenvalue weighted by atomic mass is 16.3. The van der Waals surface area contributed by atoms with Crippen LogP contribution >= 0.6 is 0 Å². The molecule has 9 heteroatoms. The number of anilines is 3. The Morgan fingerprint density at radius 2 is 1.05 bits per heavy atom. The highest BCUT2D eigenvalue weighted by Crippen LogP contribution is 2.38. The Kier molecular flexibility index (Phi) is 11.3. The summed E-state index contributed by atoms with van der Waals surface area (Å²) in [6.45, 7) is 23.8. The Hall–Kier alpha value is -1.71. The van der Waals surface area contributed by atoms with Gasteiger partial charge >= 0.3 is 0 Å². The molecule has 1 aromatic rings. The first-order valence-electron chi connectivity index (χ1n) is 16.3. The first-order valence-corrected chi connectivity index (χ1v) is 16.3. The number of rotatable bonds is 14. The molecule has 0 bridgehead atoms. The van der Waals surface area contributed by atoms with E-state index in [1.54, 1.807) is 0 Å². The van der Waals surface area contributed by atoms with Crippen LogP contribution in [-0.4, -0.2) is 67.4 Å². The van der Waals surface area contributed by atoms with E-state index < -0.39 is 0 Å². The monoisotopic (exact) mass is 575 g/mol. The van der Waals surface area contributed by atoms with Crippen molar-refractivity contribution in [3.8, 4) is 0 Å². The van der Waals surface area contributed by atoms with Crippen LogP contribution in [0.2, 0.25) is 0 Å². The van der Waals surface area contributed by atoms with Crippen molar-refractivity contribution in [1.29, 1.82) is 0 Å². The zero-order chi connectivity index (χ0) is 30.5. The fraction of sp³-hybridized carbons (Fsp3) is 0.906. The second-order valence-corrected chi connectivity index (χ2v) is 15.5. The lowest BCUT2D eigenvalue weighted by Crippen LogP contribution is -2.60. The van der Waals surface area contributed by atoms with Gasteiger partial charge in [-0.15, -0.1) is 0 Å². The van der Waals surface area contributed by atoms with Gasteiger partial charge in [0.1, 0.15) is 0 Å². The predicted octanol–water partition coefficient (Wildman–Crippen LogP) is 5.94. The minimum atomic E-state index is 0.0761. The van der Waals surface area contributed by atoms with Crippen LogP contribution in [0.15, 0.2) is 0 Å². The van der Waals surface area contributed by atoms with Crippen LogP contribution in [0.25, 0.3) is 0 Å². The molecule has 3 heterocycles. The Morgan fingerprint density at radius 1 is 0.683 bits per heavy atom. The fourth-order valence-electron chi connectivity index (χ4n) is 8.04. The number of nitrogens with one attached hydrogen (secondary N) is 5. The van der Waals surface area contributed by atoms with E-state index in [0.29, 0.717) is 42.6 Å². The molecule has 236 valence electrons. The van der Waals surface area contributed by atoms with Gasteiger partial charge in [-0.05, 0) is 112 Å². The van der Waals surface area contributed by atoms with Crippen LogP contribution in [0.4, 0.5) is 17.8 Å². The highest BCUT2D eigenvalue weighted by Gasteiger charge is 2.42. The molecule has 0 saturated carbocycles. The summed E-state index contributed by atoms with van der Waals surface area (Å²) in [5.41, 5.74) is 0.304. The number of hydrogen-bond donors (Lipinski definition) is 6. The molecule has 3 rings (SSSR count). The number of hydrogen-bond acceptors (Lipinski definition) is 9. The van der Waals surface area contributed by atoms with E-state index in [1.807, 2.05) is 0 Å². The Bertz CT molecular complexity index is 863. The summed E-state index contributed by atoms with van der Waals surface area (Å²) < 4.78 is 0. The normalized spacial score (nSPS) is 23.5. The van der Waals surface area contributed by atoms with Gasteiger partial charge in [-0.25, -0.2) is 0 Å². The van der Waals surface area contributed by atoms with Crippen LogP contribution in [0.3, 0.4) is 0 Å². The summed E-state index contributed by atoms with van der Waals surface area (Å²) in [4.78, 5) is 14.6. The predicted molar refractivity (Wildman–Crippen MR) is 173 cm³/mol. The van der Waals surface area contributed by atoms with Gasteiger partial charge in [-0.2, -0.15) is 15.0 Å². The van der Waals surface area contributed by atoms with E-state index in [-0.39, 0.29) is 40.8 Å². The molecular weight excluding hydrogens is 512 g/mol. The molecule has 2 aliphatic rings. The minimum absolute atomic E-state index is 0.0761. The lowest BCUT2D eigenvalue weighted by Gasteiger charge is -2.49. The van der Waals surface area contributed by atoms with Crippen LogP contribution in [0.5, 0.6) is 0 Å². The van der Waals surface area contributed by atoms with E-state index in [1.165, 1.54) is 0 Å². The van der Waals surface area contributed by atoms with Crippen molar-refractivity contribution in [2.45, 2.75) is 161 Å². The van der Waals surface area contributed by atoms with Crippen molar-refractivity contribution in [3.05, 3.63) is 0 Å². The van der Waals surface area contributed by atoms with E-state index in [4.69, 9.17) is 15.0 Å². The van der Waals surface area contributed by atoms with Crippen LogP contribution in [0, 0.1) is 11.8 Å². The summed E-state index contributed by atoms with van der Waals surface area (Å²) in [5.74, 6) is 2.82. The molecule has 0 spiro atoms. The maximum atomic E-state index is 9.34. The summed E-state index contributed by atoms with van der Waals surface area (Å²) >= 11 is 0. The molecule has 2 atom stereocenters. The average molecular weight is 575 g/mol. The SMILES string of the molecule is CCCC(Nc1nc(NCCCO)nc(NC(CCC)C2CC(C)(C)NC(C)(C)C2)n1)C1CC(C)(C)NC(C)(C)C1. The summed E-state index contributed by atoms with van der Waals surface area (Å²) in [6, 6.07) is 0.553. The summed E-state index contributed by atoms with van der Waals surface area (Å²) in [6.07, 6.45) is 9.38. The molecule has 1 aromatic heterocycles. The maximum absolute atomic E-state index is 9.34. The maximum Gasteiger partial charge on any atom is 0.229 e. The molecule has 2 saturated heterocycles. The zero-order valence-electron chi connectivity index (χ0n) is 27.9. The number of aliphatic hydroxyl groups is 1. The van der Waals surface area contributed by atoms with Crippen molar-refractivity contribution >= 4 is 17.8 Å². The van der Waals surface area contributed by atoms with Crippen molar-refractivity contribution in [1.82, 2.24) is 25.6 Å². The van der Waals surface area contributed by atoms with Gasteiger partial charge in [-0.3, -0.25) is 0 Å². The second kappa shape index (κ2) is 13.7. The van der Waals surface area contributed by atoms with Crippen molar-refractivity contribution in [2.75, 3.05) is 29.1 Å². The smallest absolute Gasteiger partial charge is 0.229 e. The minimum Gasteiger partial charge on any atom is -0.396 e. The fourth-order valence-corrected chi connectivity index (χ4v) is 8.04. The molecule has 2 aliphatic heterocycles. The molecule has 41 heavy (non-hydrogen) atoms. The number of nitrogens with zero attached hydrogens (tertiary/aromatic N) is 3. The molecule has 0 aliphatic carbocycles. The van der Waals surface area contributed by atoms with Crippen molar-refractivity contribution < 1.29 is 5.11 Å². The molecule has 0 aromatic carbocycles. The first-order chi connectivity index (χ1) is 19.1. The third kappa shape index (κ3) is 10.5. The quantitative estimate of drug-likeness (QED) is 0.150. The molecule has 2 fully saturated rings. The molecule has 0 amide bonds. The van der Waals surface area contributed by atoms with Crippen LogP contribution in [0.1, 0.15) is 127 Å². The van der Waals surface area contributed by atoms with Gasteiger partial charge in [0.15, 0.2) is 0 Å². The lowest BCUT2D eigenvalue weighted by atomic mass is 9.72. The van der Waals surface area contributed by atoms with Crippen molar-refractivity contribution in [2.24, 2.45) is 11.8 Å². The lowest BCUT2D eigenvalue weighted by molar-refractivity contribution is 0.115. The highest BCUT2D eigenvalue weighted by molar-refractivity contribution is 5.43. The van der Waals surface area contributed by atoms with E-state index in [9.17, 15) is 5.11 Å². The average Bonchev–Trinajstić information content (AvgIpc) is 2.80. The van der Waals surface area contributed by atoms with Crippen LogP contribution < -0.4 is 26.6 Å². The van der Waals surface area contributed by atoms with E-state index >= 15 is 0 Å². The van der Waals surface area contributed by atoms with Gasteiger partial charge in [0.2, 0.25) is 17.8 Å².